The van der Waals surface area contributed by atoms with Crippen molar-refractivity contribution >= 4 is 5.96 Å². The molecule has 0 aromatic carbocycles. The highest BCUT2D eigenvalue weighted by Crippen LogP contribution is 2.20. The van der Waals surface area contributed by atoms with Crippen LogP contribution in [0, 0.1) is 5.92 Å². The van der Waals surface area contributed by atoms with Crippen molar-refractivity contribution in [2.75, 3.05) is 52.5 Å². The van der Waals surface area contributed by atoms with E-state index in [0.717, 1.165) is 58.4 Å². The Morgan fingerprint density at radius 3 is 2.70 bits per heavy atom. The fourth-order valence-corrected chi connectivity index (χ4v) is 3.52. The zero-order valence-corrected chi connectivity index (χ0v) is 17.2. The van der Waals surface area contributed by atoms with Gasteiger partial charge in [0.15, 0.2) is 11.8 Å². The van der Waals surface area contributed by atoms with Gasteiger partial charge in [-0.3, -0.25) is 4.90 Å². The number of likely N-dealkylation sites (tertiary alicyclic amines) is 1. The van der Waals surface area contributed by atoms with Gasteiger partial charge < -0.3 is 19.5 Å². The molecule has 1 atom stereocenters. The highest BCUT2D eigenvalue weighted by atomic mass is 16.5. The van der Waals surface area contributed by atoms with Crippen molar-refractivity contribution in [3.05, 3.63) is 11.7 Å². The Kier molecular flexibility index (Phi) is 6.70. The normalized spacial score (nSPS) is 22.4. The molecule has 1 aromatic rings. The monoisotopic (exact) mass is 378 g/mol. The highest BCUT2D eigenvalue weighted by molar-refractivity contribution is 5.80. The molecule has 27 heavy (non-hydrogen) atoms. The molecule has 2 saturated heterocycles. The van der Waals surface area contributed by atoms with Crippen LogP contribution in [0.2, 0.25) is 0 Å². The molecular formula is C19H34N6O2. The predicted octanol–water partition coefficient (Wildman–Crippen LogP) is 1.49. The lowest BCUT2D eigenvalue weighted by Gasteiger charge is -2.29. The molecule has 1 N–H and O–H groups in total. The molecule has 8 heteroatoms. The van der Waals surface area contributed by atoms with Crippen molar-refractivity contribution in [3.63, 3.8) is 0 Å². The maximum Gasteiger partial charge on any atom is 0.232 e. The predicted molar refractivity (Wildman–Crippen MR) is 105 cm³/mol. The first-order chi connectivity index (χ1) is 13.0. The molecule has 3 rings (SSSR count). The number of hydrogen-bond acceptors (Lipinski definition) is 6. The van der Waals surface area contributed by atoms with Crippen molar-refractivity contribution in [3.8, 4) is 0 Å². The average molecular weight is 379 g/mol. The van der Waals surface area contributed by atoms with E-state index in [-0.39, 0.29) is 5.41 Å². The fourth-order valence-electron chi connectivity index (χ4n) is 3.52. The van der Waals surface area contributed by atoms with E-state index >= 15 is 0 Å². The molecule has 1 aromatic heterocycles. The van der Waals surface area contributed by atoms with E-state index in [9.17, 15) is 0 Å². The van der Waals surface area contributed by atoms with E-state index in [0.29, 0.717) is 24.2 Å². The smallest absolute Gasteiger partial charge is 0.232 e. The van der Waals surface area contributed by atoms with Crippen molar-refractivity contribution < 1.29 is 9.26 Å². The summed E-state index contributed by atoms with van der Waals surface area (Å²) in [4.78, 5) is 14.1. The van der Waals surface area contributed by atoms with Crippen LogP contribution in [0.1, 0.15) is 45.8 Å². The zero-order chi connectivity index (χ0) is 19.3. The minimum Gasteiger partial charge on any atom is -0.379 e. The van der Waals surface area contributed by atoms with Gasteiger partial charge in [-0.25, -0.2) is 4.99 Å². The summed E-state index contributed by atoms with van der Waals surface area (Å²) in [6.45, 7) is 16.7. The standard InChI is InChI=1S/C19H34N6O2/c1-5-20-18(21-12-16-22-17(27-23-16)19(2,3)4)25-7-6-15(14-25)13-24-8-10-26-11-9-24/h15H,5-14H2,1-4H3,(H,20,21). The first-order valence-corrected chi connectivity index (χ1v) is 10.1. The summed E-state index contributed by atoms with van der Waals surface area (Å²) in [5, 5.41) is 7.49. The molecule has 2 aliphatic heterocycles. The van der Waals surface area contributed by atoms with Crippen LogP contribution in [-0.2, 0) is 16.7 Å². The molecule has 0 bridgehead atoms. The third-order valence-electron chi connectivity index (χ3n) is 5.02. The SMILES string of the molecule is CCNC(=NCc1noc(C(C)(C)C)n1)N1CCC(CN2CCOCC2)C1. The van der Waals surface area contributed by atoms with Gasteiger partial charge in [0.2, 0.25) is 5.89 Å². The summed E-state index contributed by atoms with van der Waals surface area (Å²) < 4.78 is 10.8. The maximum absolute atomic E-state index is 5.45. The molecule has 8 nitrogen and oxygen atoms in total. The molecule has 0 aliphatic carbocycles. The lowest BCUT2D eigenvalue weighted by molar-refractivity contribution is 0.0315. The largest absolute Gasteiger partial charge is 0.379 e. The second-order valence-electron chi connectivity index (χ2n) is 8.45. The molecule has 3 heterocycles. The van der Waals surface area contributed by atoms with E-state index in [2.05, 4.69) is 53.0 Å². The molecule has 0 spiro atoms. The summed E-state index contributed by atoms with van der Waals surface area (Å²) in [7, 11) is 0. The number of guanidine groups is 1. The average Bonchev–Trinajstić information content (AvgIpc) is 3.29. The number of nitrogens with zero attached hydrogens (tertiary/aromatic N) is 5. The lowest BCUT2D eigenvalue weighted by Crippen LogP contribution is -2.42. The number of aliphatic imine (C=N–C) groups is 1. The van der Waals surface area contributed by atoms with Crippen LogP contribution >= 0.6 is 0 Å². The molecule has 2 aliphatic rings. The Morgan fingerprint density at radius 2 is 2.04 bits per heavy atom. The van der Waals surface area contributed by atoms with E-state index in [4.69, 9.17) is 14.3 Å². The first-order valence-electron chi connectivity index (χ1n) is 10.1. The second-order valence-corrected chi connectivity index (χ2v) is 8.45. The summed E-state index contributed by atoms with van der Waals surface area (Å²) in [5.74, 6) is 2.93. The summed E-state index contributed by atoms with van der Waals surface area (Å²) >= 11 is 0. The summed E-state index contributed by atoms with van der Waals surface area (Å²) in [6.07, 6.45) is 1.21. The van der Waals surface area contributed by atoms with Crippen LogP contribution in [0.3, 0.4) is 0 Å². The van der Waals surface area contributed by atoms with Crippen molar-refractivity contribution in [2.24, 2.45) is 10.9 Å². The van der Waals surface area contributed by atoms with Gasteiger partial charge in [-0.15, -0.1) is 0 Å². The van der Waals surface area contributed by atoms with Gasteiger partial charge in [0, 0.05) is 44.7 Å². The third kappa shape index (κ3) is 5.65. The van der Waals surface area contributed by atoms with Crippen LogP contribution in [-0.4, -0.2) is 78.4 Å². The maximum atomic E-state index is 5.45. The van der Waals surface area contributed by atoms with Gasteiger partial charge in [-0.05, 0) is 19.3 Å². The number of morpholine rings is 1. The molecule has 0 radical (unpaired) electrons. The van der Waals surface area contributed by atoms with Crippen LogP contribution in [0.15, 0.2) is 9.52 Å². The number of rotatable bonds is 5. The molecule has 0 amide bonds. The molecular weight excluding hydrogens is 344 g/mol. The zero-order valence-electron chi connectivity index (χ0n) is 17.2. The topological polar surface area (TPSA) is 79.0 Å². The number of hydrogen-bond donors (Lipinski definition) is 1. The van der Waals surface area contributed by atoms with Crippen LogP contribution in [0.4, 0.5) is 0 Å². The Morgan fingerprint density at radius 1 is 1.26 bits per heavy atom. The van der Waals surface area contributed by atoms with Gasteiger partial charge in [0.1, 0.15) is 6.54 Å². The number of aromatic nitrogens is 2. The first kappa shape index (κ1) is 20.1. The Hall–Kier alpha value is -1.67. The van der Waals surface area contributed by atoms with Gasteiger partial charge in [-0.1, -0.05) is 25.9 Å². The minimum atomic E-state index is -0.138. The van der Waals surface area contributed by atoms with Gasteiger partial charge >= 0.3 is 0 Å². The lowest BCUT2D eigenvalue weighted by atomic mass is 9.97. The quantitative estimate of drug-likeness (QED) is 0.614. The van der Waals surface area contributed by atoms with Crippen LogP contribution in [0.5, 0.6) is 0 Å². The minimum absolute atomic E-state index is 0.138. The van der Waals surface area contributed by atoms with Crippen molar-refractivity contribution in [1.29, 1.82) is 0 Å². The van der Waals surface area contributed by atoms with Gasteiger partial charge in [-0.2, -0.15) is 4.98 Å². The van der Waals surface area contributed by atoms with E-state index in [1.807, 2.05) is 0 Å². The number of ether oxygens (including phenoxy) is 1. The van der Waals surface area contributed by atoms with E-state index in [1.54, 1.807) is 0 Å². The van der Waals surface area contributed by atoms with Crippen LogP contribution in [0.25, 0.3) is 0 Å². The van der Waals surface area contributed by atoms with E-state index < -0.39 is 0 Å². The third-order valence-corrected chi connectivity index (χ3v) is 5.02. The van der Waals surface area contributed by atoms with Crippen molar-refractivity contribution in [1.82, 2.24) is 25.3 Å². The molecule has 2 fully saturated rings. The molecule has 1 unspecified atom stereocenters. The highest BCUT2D eigenvalue weighted by Gasteiger charge is 2.27. The summed E-state index contributed by atoms with van der Waals surface area (Å²) in [5.41, 5.74) is -0.138. The Labute approximate surface area is 162 Å². The molecule has 0 saturated carbocycles. The fraction of sp³-hybridized carbons (Fsp3) is 0.842. The second kappa shape index (κ2) is 9.01. The molecule has 152 valence electrons. The Balaban J connectivity index is 1.56. The van der Waals surface area contributed by atoms with Crippen LogP contribution < -0.4 is 5.32 Å². The Bertz CT molecular complexity index is 618. The van der Waals surface area contributed by atoms with Crippen molar-refractivity contribution in [2.45, 2.75) is 46.1 Å². The van der Waals surface area contributed by atoms with Gasteiger partial charge in [0.05, 0.1) is 13.2 Å². The van der Waals surface area contributed by atoms with E-state index in [1.165, 1.54) is 6.42 Å². The number of nitrogens with one attached hydrogen (secondary N) is 1. The summed E-state index contributed by atoms with van der Waals surface area (Å²) in [6, 6.07) is 0. The van der Waals surface area contributed by atoms with Gasteiger partial charge in [0.25, 0.3) is 0 Å².